The summed E-state index contributed by atoms with van der Waals surface area (Å²) >= 11 is 3.41. The average molecular weight is 280 g/mol. The molecule has 2 aromatic heterocycles. The van der Waals surface area contributed by atoms with E-state index in [0.29, 0.717) is 0 Å². The Hall–Kier alpha value is -1.26. The molecule has 3 aromatic rings. The highest BCUT2D eigenvalue weighted by atomic mass is 32.1. The van der Waals surface area contributed by atoms with Crippen molar-refractivity contribution in [1.29, 1.82) is 0 Å². The Labute approximate surface area is 117 Å². The van der Waals surface area contributed by atoms with E-state index in [1.807, 2.05) is 37.4 Å². The van der Waals surface area contributed by atoms with E-state index >= 15 is 0 Å². The van der Waals surface area contributed by atoms with Gasteiger partial charge < -0.3 is 0 Å². The standard InChI is InChI=1S/C8H7NS.C4H5NS.2CH4/c1-6-9-7-4-2-3-5-8(7)10-6;1-4-5-2-3-6-4;;/h2-5H,1H3;2-3H,1H3;2*1H4. The third kappa shape index (κ3) is 4.55. The van der Waals surface area contributed by atoms with Crippen molar-refractivity contribution in [3.8, 4) is 0 Å². The zero-order valence-electron chi connectivity index (χ0n) is 9.18. The van der Waals surface area contributed by atoms with Gasteiger partial charge in [0.1, 0.15) is 0 Å². The summed E-state index contributed by atoms with van der Waals surface area (Å²) in [4.78, 5) is 8.27. The maximum Gasteiger partial charge on any atom is 0.0907 e. The van der Waals surface area contributed by atoms with E-state index in [-0.39, 0.29) is 14.9 Å². The van der Waals surface area contributed by atoms with Gasteiger partial charge in [-0.25, -0.2) is 4.98 Å². The van der Waals surface area contributed by atoms with Crippen molar-refractivity contribution in [2.24, 2.45) is 0 Å². The van der Waals surface area contributed by atoms with Crippen molar-refractivity contribution in [2.45, 2.75) is 28.7 Å². The van der Waals surface area contributed by atoms with Crippen LogP contribution in [0.5, 0.6) is 0 Å². The first-order chi connectivity index (χ1) is 7.75. The van der Waals surface area contributed by atoms with E-state index in [0.717, 1.165) is 15.5 Å². The summed E-state index contributed by atoms with van der Waals surface area (Å²) in [5.41, 5.74) is 1.12. The van der Waals surface area contributed by atoms with Gasteiger partial charge in [-0.05, 0) is 26.0 Å². The van der Waals surface area contributed by atoms with Gasteiger partial charge in [0, 0.05) is 11.6 Å². The summed E-state index contributed by atoms with van der Waals surface area (Å²) in [6, 6.07) is 8.19. The van der Waals surface area contributed by atoms with Gasteiger partial charge in [0.2, 0.25) is 0 Å². The molecule has 0 atom stereocenters. The second kappa shape index (κ2) is 7.95. The molecule has 0 unspecified atom stereocenters. The fourth-order valence-electron chi connectivity index (χ4n) is 1.28. The smallest absolute Gasteiger partial charge is 0.0907 e. The van der Waals surface area contributed by atoms with Gasteiger partial charge >= 0.3 is 0 Å². The largest absolute Gasteiger partial charge is 0.250 e. The molecule has 2 nitrogen and oxygen atoms in total. The van der Waals surface area contributed by atoms with E-state index < -0.39 is 0 Å². The molecule has 0 amide bonds. The fourth-order valence-corrected chi connectivity index (χ4v) is 2.55. The van der Waals surface area contributed by atoms with E-state index in [1.54, 1.807) is 28.9 Å². The van der Waals surface area contributed by atoms with Crippen molar-refractivity contribution in [3.05, 3.63) is 45.9 Å². The van der Waals surface area contributed by atoms with Crippen LogP contribution in [0.2, 0.25) is 0 Å². The molecule has 0 aliphatic rings. The predicted molar refractivity (Wildman–Crippen MR) is 84.7 cm³/mol. The number of aryl methyl sites for hydroxylation is 2. The van der Waals surface area contributed by atoms with Crippen LogP contribution in [-0.4, -0.2) is 9.97 Å². The number of thiazole rings is 2. The molecule has 18 heavy (non-hydrogen) atoms. The highest BCUT2D eigenvalue weighted by molar-refractivity contribution is 7.18. The first kappa shape index (κ1) is 16.7. The molecule has 0 N–H and O–H groups in total. The number of nitrogens with zero attached hydrogens (tertiary/aromatic N) is 2. The Morgan fingerprint density at radius 1 is 1.00 bits per heavy atom. The normalized spacial score (nSPS) is 8.78. The van der Waals surface area contributed by atoms with Crippen LogP contribution in [0.3, 0.4) is 0 Å². The molecule has 0 aliphatic heterocycles. The third-order valence-corrected chi connectivity index (χ3v) is 3.61. The molecule has 2 heterocycles. The summed E-state index contributed by atoms with van der Waals surface area (Å²) in [6.07, 6.45) is 1.81. The van der Waals surface area contributed by atoms with Crippen LogP contribution in [0.1, 0.15) is 24.9 Å². The molecule has 3 rings (SSSR count). The van der Waals surface area contributed by atoms with Crippen molar-refractivity contribution < 1.29 is 0 Å². The topological polar surface area (TPSA) is 25.8 Å². The Kier molecular flexibility index (Phi) is 7.39. The Morgan fingerprint density at radius 3 is 2.22 bits per heavy atom. The minimum absolute atomic E-state index is 0. The van der Waals surface area contributed by atoms with Crippen molar-refractivity contribution >= 4 is 32.9 Å². The number of rotatable bonds is 0. The lowest BCUT2D eigenvalue weighted by Gasteiger charge is -1.80. The molecule has 1 aromatic carbocycles. The average Bonchev–Trinajstić information content (AvgIpc) is 2.86. The van der Waals surface area contributed by atoms with Gasteiger partial charge in [0.15, 0.2) is 0 Å². The van der Waals surface area contributed by atoms with Gasteiger partial charge in [-0.15, -0.1) is 22.7 Å². The highest BCUT2D eigenvalue weighted by Gasteiger charge is 1.95. The lowest BCUT2D eigenvalue weighted by atomic mass is 10.3. The minimum atomic E-state index is 0. The van der Waals surface area contributed by atoms with Crippen molar-refractivity contribution in [2.75, 3.05) is 0 Å². The van der Waals surface area contributed by atoms with Crippen LogP contribution in [-0.2, 0) is 0 Å². The molecule has 4 heteroatoms. The van der Waals surface area contributed by atoms with Crippen LogP contribution >= 0.6 is 22.7 Å². The monoisotopic (exact) mass is 280 g/mol. The van der Waals surface area contributed by atoms with Crippen molar-refractivity contribution in [3.63, 3.8) is 0 Å². The minimum Gasteiger partial charge on any atom is -0.250 e. The van der Waals surface area contributed by atoms with Gasteiger partial charge in [-0.2, -0.15) is 0 Å². The molecule has 0 fully saturated rings. The Bertz CT molecular complexity index is 523. The summed E-state index contributed by atoms with van der Waals surface area (Å²) in [5.74, 6) is 0. The quantitative estimate of drug-likeness (QED) is 0.556. The number of benzene rings is 1. The van der Waals surface area contributed by atoms with Crippen LogP contribution in [0.4, 0.5) is 0 Å². The maximum atomic E-state index is 4.33. The number of hydrogen-bond acceptors (Lipinski definition) is 4. The van der Waals surface area contributed by atoms with Gasteiger partial charge in [0.05, 0.1) is 20.2 Å². The van der Waals surface area contributed by atoms with E-state index in [1.165, 1.54) is 4.70 Å². The predicted octanol–water partition coefficient (Wildman–Crippen LogP) is 5.33. The zero-order valence-corrected chi connectivity index (χ0v) is 10.8. The second-order valence-corrected chi connectivity index (χ2v) is 5.59. The number of hydrogen-bond donors (Lipinski definition) is 0. The molecular formula is C14H20N2S2. The van der Waals surface area contributed by atoms with Crippen LogP contribution in [0, 0.1) is 13.8 Å². The van der Waals surface area contributed by atoms with Gasteiger partial charge in [-0.3, -0.25) is 4.98 Å². The molecule has 0 radical (unpaired) electrons. The summed E-state index contributed by atoms with van der Waals surface area (Å²) in [7, 11) is 0. The molecule has 0 bridgehead atoms. The van der Waals surface area contributed by atoms with Crippen LogP contribution < -0.4 is 0 Å². The van der Waals surface area contributed by atoms with Gasteiger partial charge in [-0.1, -0.05) is 27.0 Å². The zero-order chi connectivity index (χ0) is 11.4. The Morgan fingerprint density at radius 2 is 1.72 bits per heavy atom. The molecule has 0 saturated heterocycles. The molecule has 0 aliphatic carbocycles. The number of para-hydroxylation sites is 1. The van der Waals surface area contributed by atoms with Crippen LogP contribution in [0.15, 0.2) is 35.8 Å². The van der Waals surface area contributed by atoms with Crippen LogP contribution in [0.25, 0.3) is 10.2 Å². The number of aromatic nitrogens is 2. The lowest BCUT2D eigenvalue weighted by molar-refractivity contribution is 1.30. The summed E-state index contributed by atoms with van der Waals surface area (Å²) in [6.45, 7) is 4.02. The number of fused-ring (bicyclic) bond motifs is 1. The molecule has 0 saturated carbocycles. The SMILES string of the molecule is C.C.Cc1nc2ccccc2s1.Cc1nccs1. The summed E-state index contributed by atoms with van der Waals surface area (Å²) in [5, 5.41) is 4.24. The molecular weight excluding hydrogens is 260 g/mol. The van der Waals surface area contributed by atoms with E-state index in [4.69, 9.17) is 0 Å². The molecule has 0 spiro atoms. The van der Waals surface area contributed by atoms with Gasteiger partial charge in [0.25, 0.3) is 0 Å². The Balaban J connectivity index is 0.000000319. The highest BCUT2D eigenvalue weighted by Crippen LogP contribution is 2.19. The summed E-state index contributed by atoms with van der Waals surface area (Å²) < 4.78 is 1.28. The first-order valence-corrected chi connectivity index (χ1v) is 6.63. The van der Waals surface area contributed by atoms with E-state index in [2.05, 4.69) is 16.0 Å². The lowest BCUT2D eigenvalue weighted by Crippen LogP contribution is -1.65. The third-order valence-electron chi connectivity index (χ3n) is 1.96. The fraction of sp³-hybridized carbons (Fsp3) is 0.286. The van der Waals surface area contributed by atoms with E-state index in [9.17, 15) is 0 Å². The first-order valence-electron chi connectivity index (χ1n) is 4.94. The molecule has 98 valence electrons. The maximum absolute atomic E-state index is 4.33. The second-order valence-electron chi connectivity index (χ2n) is 3.25. The van der Waals surface area contributed by atoms with Crippen molar-refractivity contribution in [1.82, 2.24) is 9.97 Å².